The first-order valence-corrected chi connectivity index (χ1v) is 5.96. The highest BCUT2D eigenvalue weighted by Crippen LogP contribution is 2.11. The van der Waals surface area contributed by atoms with Crippen molar-refractivity contribution in [1.29, 1.82) is 0 Å². The van der Waals surface area contributed by atoms with Gasteiger partial charge in [-0.15, -0.1) is 0 Å². The van der Waals surface area contributed by atoms with E-state index in [1.807, 2.05) is 0 Å². The summed E-state index contributed by atoms with van der Waals surface area (Å²) in [6, 6.07) is 5.87. The second-order valence-electron chi connectivity index (χ2n) is 4.28. The summed E-state index contributed by atoms with van der Waals surface area (Å²) in [5.41, 5.74) is 2.44. The second-order valence-corrected chi connectivity index (χ2v) is 4.28. The number of rotatable bonds is 3. The van der Waals surface area contributed by atoms with Crippen LogP contribution in [0.2, 0.25) is 0 Å². The third-order valence-electron chi connectivity index (χ3n) is 2.83. The third-order valence-corrected chi connectivity index (χ3v) is 2.83. The third kappa shape index (κ3) is 3.15. The van der Waals surface area contributed by atoms with Crippen molar-refractivity contribution in [2.75, 3.05) is 0 Å². The molecule has 0 aromatic heterocycles. The van der Waals surface area contributed by atoms with Gasteiger partial charge < -0.3 is 0 Å². The van der Waals surface area contributed by atoms with Gasteiger partial charge in [0.2, 0.25) is 17.7 Å². The zero-order valence-corrected chi connectivity index (χ0v) is 10.2. The van der Waals surface area contributed by atoms with Crippen molar-refractivity contribution < 1.29 is 18.8 Å². The van der Waals surface area contributed by atoms with Gasteiger partial charge in [0.15, 0.2) is 0 Å². The monoisotopic (exact) mass is 264 g/mol. The van der Waals surface area contributed by atoms with Crippen LogP contribution >= 0.6 is 0 Å². The molecule has 6 heteroatoms. The van der Waals surface area contributed by atoms with Crippen LogP contribution in [0.15, 0.2) is 24.3 Å². The highest BCUT2D eigenvalue weighted by molar-refractivity contribution is 5.99. The van der Waals surface area contributed by atoms with Crippen LogP contribution in [0.5, 0.6) is 0 Å². The van der Waals surface area contributed by atoms with E-state index in [4.69, 9.17) is 0 Å². The van der Waals surface area contributed by atoms with Gasteiger partial charge in [-0.1, -0.05) is 18.2 Å². The average molecular weight is 264 g/mol. The molecule has 0 bridgehead atoms. The van der Waals surface area contributed by atoms with Crippen LogP contribution in [0.3, 0.4) is 0 Å². The Bertz CT molecular complexity index is 514. The Balaban J connectivity index is 1.99. The first-order valence-electron chi connectivity index (χ1n) is 5.96. The molecule has 1 aromatic rings. The summed E-state index contributed by atoms with van der Waals surface area (Å²) in [7, 11) is 0. The van der Waals surface area contributed by atoms with E-state index in [0.29, 0.717) is 6.42 Å². The van der Waals surface area contributed by atoms with Gasteiger partial charge in [0, 0.05) is 12.8 Å². The van der Waals surface area contributed by atoms with Crippen LogP contribution in [0.25, 0.3) is 0 Å². The quantitative estimate of drug-likeness (QED) is 0.826. The number of imide groups is 1. The molecule has 0 aliphatic carbocycles. The van der Waals surface area contributed by atoms with Gasteiger partial charge in [0.25, 0.3) is 0 Å². The first-order chi connectivity index (χ1) is 9.08. The number of nitrogens with zero attached hydrogens (tertiary/aromatic N) is 1. The minimum absolute atomic E-state index is 0.219. The molecule has 2 rings (SSSR count). The molecule has 1 saturated heterocycles. The molecule has 100 valence electrons. The summed E-state index contributed by atoms with van der Waals surface area (Å²) in [6.45, 7) is 0. The van der Waals surface area contributed by atoms with Crippen LogP contribution in [0, 0.1) is 5.82 Å². The Labute approximate surface area is 109 Å². The van der Waals surface area contributed by atoms with E-state index in [2.05, 4.69) is 5.43 Å². The number of amides is 3. The predicted octanol–water partition coefficient (Wildman–Crippen LogP) is 0.938. The molecule has 1 heterocycles. The van der Waals surface area contributed by atoms with Crippen molar-refractivity contribution >= 4 is 17.7 Å². The Hall–Kier alpha value is -2.24. The molecule has 3 amide bonds. The summed E-state index contributed by atoms with van der Waals surface area (Å²) in [6.07, 6.45) is 0.735. The zero-order valence-electron chi connectivity index (χ0n) is 10.2. The molecule has 0 unspecified atom stereocenters. The maximum Gasteiger partial charge on any atom is 0.248 e. The lowest BCUT2D eigenvalue weighted by Gasteiger charge is -2.24. The van der Waals surface area contributed by atoms with E-state index in [-0.39, 0.29) is 24.8 Å². The Morgan fingerprint density at radius 1 is 1.21 bits per heavy atom. The number of benzene rings is 1. The minimum Gasteiger partial charge on any atom is -0.273 e. The molecule has 1 aromatic carbocycles. The summed E-state index contributed by atoms with van der Waals surface area (Å²) in [5, 5.41) is 0.729. The summed E-state index contributed by atoms with van der Waals surface area (Å²) in [5.74, 6) is -1.95. The molecule has 1 aliphatic rings. The predicted molar refractivity (Wildman–Crippen MR) is 64.0 cm³/mol. The molecule has 0 atom stereocenters. The molecule has 19 heavy (non-hydrogen) atoms. The number of hydrogen-bond donors (Lipinski definition) is 1. The van der Waals surface area contributed by atoms with Gasteiger partial charge >= 0.3 is 0 Å². The highest BCUT2D eigenvalue weighted by Gasteiger charge is 2.27. The Morgan fingerprint density at radius 2 is 1.84 bits per heavy atom. The Kier molecular flexibility index (Phi) is 3.89. The van der Waals surface area contributed by atoms with Gasteiger partial charge in [-0.25, -0.2) is 4.39 Å². The standard InChI is InChI=1S/C13H13FN2O3/c14-10-5-2-1-4-9(10)8-11(17)15-16-12(18)6-3-7-13(16)19/h1-2,4-5H,3,6-8H2,(H,15,17). The lowest BCUT2D eigenvalue weighted by Crippen LogP contribution is -2.52. The van der Waals surface area contributed by atoms with Crippen LogP contribution in [-0.4, -0.2) is 22.7 Å². The number of carbonyl (C=O) groups excluding carboxylic acids is 3. The number of piperidine rings is 1. The summed E-state index contributed by atoms with van der Waals surface area (Å²) < 4.78 is 13.4. The van der Waals surface area contributed by atoms with Crippen LogP contribution in [-0.2, 0) is 20.8 Å². The van der Waals surface area contributed by atoms with Crippen molar-refractivity contribution in [1.82, 2.24) is 10.4 Å². The van der Waals surface area contributed by atoms with Gasteiger partial charge in [0.1, 0.15) is 5.82 Å². The SMILES string of the molecule is O=C(Cc1ccccc1F)NN1C(=O)CCCC1=O. The first kappa shape index (κ1) is 13.2. The molecule has 0 saturated carbocycles. The van der Waals surface area contributed by atoms with E-state index >= 15 is 0 Å². The lowest BCUT2D eigenvalue weighted by atomic mass is 10.1. The van der Waals surface area contributed by atoms with Gasteiger partial charge in [-0.3, -0.25) is 19.8 Å². The largest absolute Gasteiger partial charge is 0.273 e. The van der Waals surface area contributed by atoms with Crippen molar-refractivity contribution in [2.45, 2.75) is 25.7 Å². The van der Waals surface area contributed by atoms with Gasteiger partial charge in [0.05, 0.1) is 6.42 Å². The normalized spacial score (nSPS) is 15.5. The highest BCUT2D eigenvalue weighted by atomic mass is 19.1. The molecule has 0 spiro atoms. The molecular weight excluding hydrogens is 251 g/mol. The second kappa shape index (κ2) is 5.60. The van der Waals surface area contributed by atoms with Crippen molar-refractivity contribution in [3.8, 4) is 0 Å². The van der Waals surface area contributed by atoms with E-state index in [9.17, 15) is 18.8 Å². The van der Waals surface area contributed by atoms with Gasteiger partial charge in [-0.05, 0) is 18.1 Å². The van der Waals surface area contributed by atoms with E-state index in [1.54, 1.807) is 6.07 Å². The fourth-order valence-corrected chi connectivity index (χ4v) is 1.86. The smallest absolute Gasteiger partial charge is 0.248 e. The average Bonchev–Trinajstić information content (AvgIpc) is 2.37. The molecule has 1 fully saturated rings. The number of halogens is 1. The van der Waals surface area contributed by atoms with Crippen LogP contribution in [0.1, 0.15) is 24.8 Å². The van der Waals surface area contributed by atoms with Crippen molar-refractivity contribution in [3.63, 3.8) is 0 Å². The molecule has 1 aliphatic heterocycles. The maximum absolute atomic E-state index is 13.4. The number of nitrogens with one attached hydrogen (secondary N) is 1. The molecule has 0 radical (unpaired) electrons. The molecular formula is C13H13FN2O3. The van der Waals surface area contributed by atoms with Crippen LogP contribution in [0.4, 0.5) is 4.39 Å². The van der Waals surface area contributed by atoms with Crippen molar-refractivity contribution in [2.24, 2.45) is 0 Å². The molecule has 1 N–H and O–H groups in total. The van der Waals surface area contributed by atoms with E-state index in [1.165, 1.54) is 18.2 Å². The maximum atomic E-state index is 13.4. The summed E-state index contributed by atoms with van der Waals surface area (Å²) in [4.78, 5) is 34.7. The van der Waals surface area contributed by atoms with Crippen molar-refractivity contribution in [3.05, 3.63) is 35.6 Å². The number of hydrazine groups is 1. The minimum atomic E-state index is -0.589. The van der Waals surface area contributed by atoms with E-state index < -0.39 is 23.5 Å². The van der Waals surface area contributed by atoms with Crippen LogP contribution < -0.4 is 5.43 Å². The number of hydrogen-bond acceptors (Lipinski definition) is 3. The zero-order chi connectivity index (χ0) is 13.8. The fraction of sp³-hybridized carbons (Fsp3) is 0.308. The Morgan fingerprint density at radius 3 is 2.47 bits per heavy atom. The number of carbonyl (C=O) groups is 3. The summed E-state index contributed by atoms with van der Waals surface area (Å²) >= 11 is 0. The van der Waals surface area contributed by atoms with Gasteiger partial charge in [-0.2, -0.15) is 5.01 Å². The fourth-order valence-electron chi connectivity index (χ4n) is 1.86. The van der Waals surface area contributed by atoms with E-state index in [0.717, 1.165) is 5.01 Å². The topological polar surface area (TPSA) is 66.5 Å². The lowest BCUT2D eigenvalue weighted by molar-refractivity contribution is -0.156. The molecule has 5 nitrogen and oxygen atoms in total.